The topological polar surface area (TPSA) is 59.1 Å². The Kier molecular flexibility index (Phi) is 3.41. The fraction of sp³-hybridized carbons (Fsp3) is 0.300. The number of nitrogens with two attached hydrogens (primary N) is 1. The molecule has 16 heavy (non-hydrogen) atoms. The summed E-state index contributed by atoms with van der Waals surface area (Å²) in [5, 5.41) is 7.06. The summed E-state index contributed by atoms with van der Waals surface area (Å²) in [5.74, 6) is 0.0654. The first-order valence-electron chi connectivity index (χ1n) is 4.48. The molecule has 0 fully saturated rings. The molecular formula is C10H11F3N2O. The zero-order valence-electron chi connectivity index (χ0n) is 8.51. The third kappa shape index (κ3) is 3.15. The van der Waals surface area contributed by atoms with Gasteiger partial charge in [0.1, 0.15) is 11.6 Å². The normalized spacial score (nSPS) is 13.2. The van der Waals surface area contributed by atoms with E-state index in [-0.39, 0.29) is 11.6 Å². The molecule has 0 aliphatic rings. The smallest absolute Gasteiger partial charge is 0.416 e. The van der Waals surface area contributed by atoms with Crippen LogP contribution in [0, 0.1) is 5.41 Å². The Balaban J connectivity index is 2.76. The first-order chi connectivity index (χ1) is 7.30. The van der Waals surface area contributed by atoms with E-state index >= 15 is 0 Å². The molecule has 0 saturated carbocycles. The van der Waals surface area contributed by atoms with Crippen LogP contribution in [0.2, 0.25) is 0 Å². The third-order valence-corrected chi connectivity index (χ3v) is 1.93. The fourth-order valence-electron chi connectivity index (χ4n) is 0.990. The first kappa shape index (κ1) is 12.4. The van der Waals surface area contributed by atoms with Gasteiger partial charge in [-0.25, -0.2) is 0 Å². The summed E-state index contributed by atoms with van der Waals surface area (Å²) in [6, 6.07) is 4.23. The van der Waals surface area contributed by atoms with E-state index in [0.29, 0.717) is 0 Å². The lowest BCUT2D eigenvalue weighted by atomic mass is 10.2. The highest BCUT2D eigenvalue weighted by molar-refractivity contribution is 5.81. The van der Waals surface area contributed by atoms with Crippen molar-refractivity contribution in [2.45, 2.75) is 19.2 Å². The maximum atomic E-state index is 12.2. The molecule has 0 aromatic heterocycles. The molecule has 0 aliphatic heterocycles. The highest BCUT2D eigenvalue weighted by Crippen LogP contribution is 2.30. The van der Waals surface area contributed by atoms with E-state index in [2.05, 4.69) is 0 Å². The van der Waals surface area contributed by atoms with Crippen molar-refractivity contribution in [3.63, 3.8) is 0 Å². The summed E-state index contributed by atoms with van der Waals surface area (Å²) in [5.41, 5.74) is 4.42. The largest absolute Gasteiger partial charge is 0.483 e. The number of nitrogens with one attached hydrogen (secondary N) is 1. The van der Waals surface area contributed by atoms with Crippen molar-refractivity contribution < 1.29 is 17.9 Å². The summed E-state index contributed by atoms with van der Waals surface area (Å²) in [7, 11) is 0. The Morgan fingerprint density at radius 2 is 1.81 bits per heavy atom. The number of ether oxygens (including phenoxy) is 1. The summed E-state index contributed by atoms with van der Waals surface area (Å²) in [6.07, 6.45) is -5.01. The van der Waals surface area contributed by atoms with Crippen LogP contribution in [0.4, 0.5) is 13.2 Å². The minimum atomic E-state index is -4.36. The second-order valence-electron chi connectivity index (χ2n) is 3.24. The van der Waals surface area contributed by atoms with Gasteiger partial charge in [0.05, 0.1) is 5.56 Å². The summed E-state index contributed by atoms with van der Waals surface area (Å²) >= 11 is 0. The van der Waals surface area contributed by atoms with E-state index in [0.717, 1.165) is 12.1 Å². The summed E-state index contributed by atoms with van der Waals surface area (Å²) < 4.78 is 41.8. The molecule has 0 spiro atoms. The molecule has 88 valence electrons. The van der Waals surface area contributed by atoms with Crippen molar-refractivity contribution in [1.82, 2.24) is 0 Å². The Morgan fingerprint density at radius 3 is 2.19 bits per heavy atom. The third-order valence-electron chi connectivity index (χ3n) is 1.93. The van der Waals surface area contributed by atoms with Crippen LogP contribution in [-0.4, -0.2) is 11.9 Å². The lowest BCUT2D eigenvalue weighted by Crippen LogP contribution is -2.29. The SMILES string of the molecule is CC(Oc1ccc(C(F)(F)F)cc1)C(=N)N. The predicted molar refractivity (Wildman–Crippen MR) is 53.4 cm³/mol. The Labute approximate surface area is 90.5 Å². The molecule has 1 aromatic carbocycles. The second-order valence-corrected chi connectivity index (χ2v) is 3.24. The molecule has 0 amide bonds. The van der Waals surface area contributed by atoms with Crippen LogP contribution in [0.25, 0.3) is 0 Å². The van der Waals surface area contributed by atoms with Gasteiger partial charge in [-0.1, -0.05) is 0 Å². The second kappa shape index (κ2) is 4.42. The molecule has 6 heteroatoms. The van der Waals surface area contributed by atoms with Gasteiger partial charge in [-0.15, -0.1) is 0 Å². The lowest BCUT2D eigenvalue weighted by Gasteiger charge is -2.13. The van der Waals surface area contributed by atoms with Gasteiger partial charge in [0, 0.05) is 0 Å². The molecule has 1 aromatic rings. The molecule has 1 atom stereocenters. The van der Waals surface area contributed by atoms with Gasteiger partial charge in [-0.05, 0) is 31.2 Å². The van der Waals surface area contributed by atoms with Crippen LogP contribution in [0.1, 0.15) is 12.5 Å². The van der Waals surface area contributed by atoms with Crippen LogP contribution in [0.3, 0.4) is 0 Å². The van der Waals surface area contributed by atoms with Crippen molar-refractivity contribution in [2.75, 3.05) is 0 Å². The molecule has 3 nitrogen and oxygen atoms in total. The van der Waals surface area contributed by atoms with Crippen molar-refractivity contribution in [3.05, 3.63) is 29.8 Å². The number of rotatable bonds is 3. The van der Waals surface area contributed by atoms with Crippen molar-refractivity contribution in [1.29, 1.82) is 5.41 Å². The average Bonchev–Trinajstić information content (AvgIpc) is 2.17. The zero-order valence-corrected chi connectivity index (χ0v) is 8.51. The van der Waals surface area contributed by atoms with Crippen molar-refractivity contribution in [2.24, 2.45) is 5.73 Å². The van der Waals surface area contributed by atoms with Gasteiger partial charge in [-0.2, -0.15) is 13.2 Å². The van der Waals surface area contributed by atoms with Crippen molar-refractivity contribution >= 4 is 5.84 Å². The van der Waals surface area contributed by atoms with Crippen LogP contribution in [0.15, 0.2) is 24.3 Å². The van der Waals surface area contributed by atoms with E-state index in [4.69, 9.17) is 15.9 Å². The maximum Gasteiger partial charge on any atom is 0.416 e. The molecule has 0 aliphatic carbocycles. The van der Waals surface area contributed by atoms with Crippen LogP contribution >= 0.6 is 0 Å². The predicted octanol–water partition coefficient (Wildman–Crippen LogP) is 2.41. The highest BCUT2D eigenvalue weighted by Gasteiger charge is 2.30. The zero-order chi connectivity index (χ0) is 12.3. The number of amidine groups is 1. The molecule has 1 unspecified atom stereocenters. The summed E-state index contributed by atoms with van der Waals surface area (Å²) in [6.45, 7) is 1.54. The van der Waals surface area contributed by atoms with Gasteiger partial charge in [0.2, 0.25) is 0 Å². The Hall–Kier alpha value is -1.72. The molecular weight excluding hydrogens is 221 g/mol. The number of hydrogen-bond acceptors (Lipinski definition) is 2. The van der Waals surface area contributed by atoms with Crippen LogP contribution < -0.4 is 10.5 Å². The van der Waals surface area contributed by atoms with E-state index in [9.17, 15) is 13.2 Å². The van der Waals surface area contributed by atoms with Gasteiger partial charge < -0.3 is 10.5 Å². The molecule has 3 N–H and O–H groups in total. The number of benzene rings is 1. The van der Waals surface area contributed by atoms with Crippen molar-refractivity contribution in [3.8, 4) is 5.75 Å². The van der Waals surface area contributed by atoms with E-state index < -0.39 is 17.8 Å². The molecule has 0 heterocycles. The van der Waals surface area contributed by atoms with Gasteiger partial charge in [0.25, 0.3) is 0 Å². The minimum Gasteiger partial charge on any atom is -0.483 e. The Bertz CT molecular complexity index is 373. The fourth-order valence-corrected chi connectivity index (χ4v) is 0.990. The van der Waals surface area contributed by atoms with E-state index in [1.807, 2.05) is 0 Å². The number of alkyl halides is 3. The van der Waals surface area contributed by atoms with E-state index in [1.54, 1.807) is 6.92 Å². The number of halogens is 3. The van der Waals surface area contributed by atoms with E-state index in [1.165, 1.54) is 12.1 Å². The van der Waals surface area contributed by atoms with Gasteiger partial charge in [-0.3, -0.25) is 5.41 Å². The van der Waals surface area contributed by atoms with Crippen LogP contribution in [0.5, 0.6) is 5.75 Å². The molecule has 0 saturated heterocycles. The number of hydrogen-bond donors (Lipinski definition) is 2. The maximum absolute atomic E-state index is 12.2. The monoisotopic (exact) mass is 232 g/mol. The molecule has 1 rings (SSSR count). The summed E-state index contributed by atoms with van der Waals surface area (Å²) in [4.78, 5) is 0. The molecule has 0 bridgehead atoms. The standard InChI is InChI=1S/C10H11F3N2O/c1-6(9(14)15)16-8-4-2-7(3-5-8)10(11,12)13/h2-6H,1H3,(H3,14,15). The lowest BCUT2D eigenvalue weighted by molar-refractivity contribution is -0.137. The highest BCUT2D eigenvalue weighted by atomic mass is 19.4. The van der Waals surface area contributed by atoms with Gasteiger partial charge >= 0.3 is 6.18 Å². The van der Waals surface area contributed by atoms with Crippen LogP contribution in [-0.2, 0) is 6.18 Å². The average molecular weight is 232 g/mol. The molecule has 0 radical (unpaired) electrons. The Morgan fingerprint density at radius 1 is 1.31 bits per heavy atom. The quantitative estimate of drug-likeness (QED) is 0.621. The minimum absolute atomic E-state index is 0.181. The van der Waals surface area contributed by atoms with Gasteiger partial charge in [0.15, 0.2) is 6.10 Å². The first-order valence-corrected chi connectivity index (χ1v) is 4.48.